The van der Waals surface area contributed by atoms with Crippen molar-refractivity contribution in [2.24, 2.45) is 5.41 Å². The topological polar surface area (TPSA) is 163 Å². The molecule has 1 aliphatic rings. The molecular weight excluding hydrogens is 524 g/mol. The molecule has 0 radical (unpaired) electrons. The third kappa shape index (κ3) is 8.09. The maximum absolute atomic E-state index is 13.7. The van der Waals surface area contributed by atoms with Gasteiger partial charge in [0, 0.05) is 35.4 Å². The van der Waals surface area contributed by atoms with E-state index >= 15 is 0 Å². The molecule has 0 bridgehead atoms. The van der Waals surface area contributed by atoms with Crippen LogP contribution in [0.25, 0.3) is 10.9 Å². The second kappa shape index (κ2) is 11.9. The Bertz CT molecular complexity index is 1400. The van der Waals surface area contributed by atoms with Crippen molar-refractivity contribution in [2.75, 3.05) is 12.8 Å². The number of fused-ring (bicyclic) bond motifs is 1. The molecule has 2 heterocycles. The highest BCUT2D eigenvalue weighted by atomic mass is 32.2. The summed E-state index contributed by atoms with van der Waals surface area (Å²) in [6, 6.07) is 5.72. The first-order valence-electron chi connectivity index (χ1n) is 12.5. The number of pyridine rings is 1. The summed E-state index contributed by atoms with van der Waals surface area (Å²) >= 11 is 0. The number of carboxylic acid groups (broad SMARTS) is 1. The van der Waals surface area contributed by atoms with Crippen molar-refractivity contribution in [3.63, 3.8) is 0 Å². The Morgan fingerprint density at radius 3 is 2.54 bits per heavy atom. The Kier molecular flexibility index (Phi) is 9.10. The number of amides is 3. The SMILES string of the molecule is CC(C)(C)[C@H](NC(=O)c1ccc2ncccc2c1)C(=O)N1CCC[C@@H]1C(=O)N[C@H](/C=C/S(C)(=O)=O)CC(=O)O. The van der Waals surface area contributed by atoms with Gasteiger partial charge < -0.3 is 20.6 Å². The number of sulfone groups is 1. The molecule has 3 atom stereocenters. The Hall–Kier alpha value is -3.80. The van der Waals surface area contributed by atoms with Gasteiger partial charge in [0.05, 0.1) is 18.0 Å². The normalized spacial score (nSPS) is 17.6. The average molecular weight is 559 g/mol. The van der Waals surface area contributed by atoms with E-state index in [2.05, 4.69) is 15.6 Å². The molecule has 1 saturated heterocycles. The first-order valence-corrected chi connectivity index (χ1v) is 14.5. The highest BCUT2D eigenvalue weighted by molar-refractivity contribution is 7.93. The van der Waals surface area contributed by atoms with Crippen molar-refractivity contribution in [1.82, 2.24) is 20.5 Å². The molecule has 3 N–H and O–H groups in total. The van der Waals surface area contributed by atoms with Crippen LogP contribution in [-0.2, 0) is 24.2 Å². The van der Waals surface area contributed by atoms with Crippen molar-refractivity contribution >= 4 is 44.4 Å². The fourth-order valence-electron chi connectivity index (χ4n) is 4.42. The number of hydrogen-bond donors (Lipinski definition) is 3. The molecule has 3 rings (SSSR count). The highest BCUT2D eigenvalue weighted by Crippen LogP contribution is 2.26. The maximum Gasteiger partial charge on any atom is 0.305 e. The molecule has 1 fully saturated rings. The van der Waals surface area contributed by atoms with Crippen LogP contribution in [0.15, 0.2) is 48.0 Å². The second-order valence-electron chi connectivity index (χ2n) is 10.7. The molecule has 3 amide bonds. The van der Waals surface area contributed by atoms with Crippen LogP contribution >= 0.6 is 0 Å². The van der Waals surface area contributed by atoms with Crippen LogP contribution in [0.1, 0.15) is 50.4 Å². The molecule has 210 valence electrons. The van der Waals surface area contributed by atoms with Crippen molar-refractivity contribution in [2.45, 2.75) is 58.2 Å². The highest BCUT2D eigenvalue weighted by Gasteiger charge is 2.42. The number of likely N-dealkylation sites (tertiary alicyclic amines) is 1. The Labute approximate surface area is 227 Å². The zero-order chi connectivity index (χ0) is 29.0. The smallest absolute Gasteiger partial charge is 0.305 e. The molecule has 1 aliphatic heterocycles. The van der Waals surface area contributed by atoms with Gasteiger partial charge in [0.1, 0.15) is 12.1 Å². The van der Waals surface area contributed by atoms with E-state index in [0.717, 1.165) is 28.6 Å². The van der Waals surface area contributed by atoms with Gasteiger partial charge in [-0.3, -0.25) is 24.2 Å². The Balaban J connectivity index is 1.79. The number of aromatic nitrogens is 1. The van der Waals surface area contributed by atoms with Crippen molar-refractivity contribution in [3.05, 3.63) is 53.6 Å². The summed E-state index contributed by atoms with van der Waals surface area (Å²) in [7, 11) is -3.54. The van der Waals surface area contributed by atoms with Crippen molar-refractivity contribution < 1.29 is 32.7 Å². The van der Waals surface area contributed by atoms with E-state index in [9.17, 15) is 32.7 Å². The van der Waals surface area contributed by atoms with Crippen LogP contribution in [0.2, 0.25) is 0 Å². The molecular formula is C27H34N4O7S. The zero-order valence-corrected chi connectivity index (χ0v) is 23.2. The monoisotopic (exact) mass is 558 g/mol. The van der Waals surface area contributed by atoms with Crippen LogP contribution in [0.5, 0.6) is 0 Å². The van der Waals surface area contributed by atoms with Crippen LogP contribution in [0.4, 0.5) is 0 Å². The molecule has 39 heavy (non-hydrogen) atoms. The van der Waals surface area contributed by atoms with Gasteiger partial charge in [-0.2, -0.15) is 0 Å². The van der Waals surface area contributed by atoms with E-state index < -0.39 is 63.5 Å². The fourth-order valence-corrected chi connectivity index (χ4v) is 4.90. The summed E-state index contributed by atoms with van der Waals surface area (Å²) in [4.78, 5) is 57.0. The maximum atomic E-state index is 13.7. The molecule has 1 aromatic carbocycles. The average Bonchev–Trinajstić information content (AvgIpc) is 3.34. The fraction of sp³-hybridized carbons (Fsp3) is 0.444. The van der Waals surface area contributed by atoms with Gasteiger partial charge in [-0.1, -0.05) is 32.9 Å². The van der Waals surface area contributed by atoms with Crippen LogP contribution in [0.3, 0.4) is 0 Å². The number of nitrogens with zero attached hydrogens (tertiary/aromatic N) is 2. The number of carbonyl (C=O) groups excluding carboxylic acids is 3. The first-order chi connectivity index (χ1) is 18.2. The Morgan fingerprint density at radius 1 is 1.18 bits per heavy atom. The summed E-state index contributed by atoms with van der Waals surface area (Å²) in [6.07, 6.45) is 4.08. The van der Waals surface area contributed by atoms with Gasteiger partial charge in [0.15, 0.2) is 9.84 Å². The van der Waals surface area contributed by atoms with E-state index in [1.165, 1.54) is 4.90 Å². The van der Waals surface area contributed by atoms with Crippen molar-refractivity contribution in [3.8, 4) is 0 Å². The third-order valence-corrected chi connectivity index (χ3v) is 7.02. The van der Waals surface area contributed by atoms with Gasteiger partial charge >= 0.3 is 5.97 Å². The lowest BCUT2D eigenvalue weighted by Gasteiger charge is -2.35. The summed E-state index contributed by atoms with van der Waals surface area (Å²) in [5, 5.41) is 16.2. The lowest BCUT2D eigenvalue weighted by molar-refractivity contribution is -0.142. The first kappa shape index (κ1) is 29.8. The Morgan fingerprint density at radius 2 is 1.90 bits per heavy atom. The molecule has 0 aliphatic carbocycles. The molecule has 0 unspecified atom stereocenters. The third-order valence-electron chi connectivity index (χ3n) is 6.37. The number of hydrogen-bond acceptors (Lipinski definition) is 7. The van der Waals surface area contributed by atoms with E-state index in [-0.39, 0.29) is 6.54 Å². The van der Waals surface area contributed by atoms with Crippen LogP contribution < -0.4 is 10.6 Å². The van der Waals surface area contributed by atoms with E-state index in [1.54, 1.807) is 30.5 Å². The van der Waals surface area contributed by atoms with Gasteiger partial charge in [0.25, 0.3) is 5.91 Å². The van der Waals surface area contributed by atoms with Gasteiger partial charge in [-0.05, 0) is 42.5 Å². The minimum absolute atomic E-state index is 0.282. The van der Waals surface area contributed by atoms with Crippen LogP contribution in [-0.4, -0.2) is 78.0 Å². The number of benzene rings is 1. The number of rotatable bonds is 9. The summed E-state index contributed by atoms with van der Waals surface area (Å²) in [6.45, 7) is 5.71. The van der Waals surface area contributed by atoms with Crippen LogP contribution in [0, 0.1) is 5.41 Å². The molecule has 0 saturated carbocycles. The van der Waals surface area contributed by atoms with Gasteiger partial charge in [-0.15, -0.1) is 0 Å². The number of aliphatic carboxylic acids is 1. The quantitative estimate of drug-likeness (QED) is 0.420. The molecule has 2 aromatic rings. The molecule has 12 heteroatoms. The largest absolute Gasteiger partial charge is 0.481 e. The minimum atomic E-state index is -3.54. The number of carbonyl (C=O) groups is 4. The molecule has 1 aromatic heterocycles. The van der Waals surface area contributed by atoms with E-state index in [1.807, 2.05) is 26.8 Å². The number of nitrogens with one attached hydrogen (secondary N) is 2. The van der Waals surface area contributed by atoms with E-state index in [0.29, 0.717) is 18.4 Å². The lowest BCUT2D eigenvalue weighted by Crippen LogP contribution is -2.58. The second-order valence-corrected chi connectivity index (χ2v) is 12.7. The van der Waals surface area contributed by atoms with Gasteiger partial charge in [-0.25, -0.2) is 8.42 Å². The molecule has 0 spiro atoms. The predicted octanol–water partition coefficient (Wildman–Crippen LogP) is 1.89. The predicted molar refractivity (Wildman–Crippen MR) is 145 cm³/mol. The summed E-state index contributed by atoms with van der Waals surface area (Å²) in [5.74, 6) is -2.69. The molecule has 11 nitrogen and oxygen atoms in total. The lowest BCUT2D eigenvalue weighted by atomic mass is 9.85. The summed E-state index contributed by atoms with van der Waals surface area (Å²) < 4.78 is 23.0. The van der Waals surface area contributed by atoms with E-state index in [4.69, 9.17) is 0 Å². The van der Waals surface area contributed by atoms with Gasteiger partial charge in [0.2, 0.25) is 11.8 Å². The standard InChI is InChI=1S/C27H34N4O7S/c1-27(2,3)23(30-24(34)18-9-10-20-17(15-18)7-5-12-28-20)26(36)31-13-6-8-21(31)25(35)29-19(16-22(32)33)11-14-39(4,37)38/h5,7,9-12,14-15,19,21,23H,6,8,13,16H2,1-4H3,(H,29,35)(H,30,34)(H,32,33)/b14-11+/t19-,21-,23-/m1/s1. The summed E-state index contributed by atoms with van der Waals surface area (Å²) in [5.41, 5.74) is 0.400. The number of carboxylic acids is 1. The minimum Gasteiger partial charge on any atom is -0.481 e. The van der Waals surface area contributed by atoms with Crippen molar-refractivity contribution in [1.29, 1.82) is 0 Å². The zero-order valence-electron chi connectivity index (χ0n) is 22.4.